The number of rotatable bonds is 1. The molecule has 0 aliphatic heterocycles. The molecular weight excluding hydrogens is 151 g/mol. The first kappa shape index (κ1) is 8.17. The van der Waals surface area contributed by atoms with Crippen molar-refractivity contribution in [1.82, 2.24) is 0 Å². The van der Waals surface area contributed by atoms with Crippen LogP contribution >= 0.6 is 0 Å². The zero-order valence-electron chi connectivity index (χ0n) is 6.17. The van der Waals surface area contributed by atoms with E-state index in [0.29, 0.717) is 0 Å². The number of hydrogen-bond acceptors (Lipinski definition) is 3. The second-order valence-corrected chi connectivity index (χ2v) is 2.59. The predicted octanol–water partition coefficient (Wildman–Crippen LogP) is 0.477. The van der Waals surface area contributed by atoms with Gasteiger partial charge in [-0.25, -0.2) is 4.39 Å². The van der Waals surface area contributed by atoms with Crippen LogP contribution in [0.1, 0.15) is 12.8 Å². The second kappa shape index (κ2) is 2.98. The van der Waals surface area contributed by atoms with E-state index in [1.165, 1.54) is 7.11 Å². The lowest BCUT2D eigenvalue weighted by Gasteiger charge is -2.02. The van der Waals surface area contributed by atoms with Crippen LogP contribution in [-0.4, -0.2) is 25.0 Å². The number of hydrogen-bond donors (Lipinski definition) is 0. The summed E-state index contributed by atoms with van der Waals surface area (Å²) in [5, 5.41) is 0. The molecule has 3 nitrogen and oxygen atoms in total. The van der Waals surface area contributed by atoms with Crippen molar-refractivity contribution in [2.24, 2.45) is 5.92 Å². The van der Waals surface area contributed by atoms with E-state index in [9.17, 15) is 14.0 Å². The van der Waals surface area contributed by atoms with Crippen LogP contribution in [0, 0.1) is 5.92 Å². The van der Waals surface area contributed by atoms with Crippen LogP contribution in [0.5, 0.6) is 0 Å². The molecule has 1 rings (SSSR count). The topological polar surface area (TPSA) is 43.4 Å². The quantitative estimate of drug-likeness (QED) is 0.524. The Balaban J connectivity index is 2.53. The molecule has 0 unspecified atom stereocenters. The monoisotopic (exact) mass is 160 g/mol. The molecule has 0 radical (unpaired) electrons. The van der Waals surface area contributed by atoms with Gasteiger partial charge in [0.25, 0.3) is 0 Å². The maximum atomic E-state index is 12.5. The largest absolute Gasteiger partial charge is 0.469 e. The second-order valence-electron chi connectivity index (χ2n) is 2.59. The molecule has 0 bridgehead atoms. The Morgan fingerprint density at radius 3 is 2.73 bits per heavy atom. The first-order chi connectivity index (χ1) is 5.15. The van der Waals surface area contributed by atoms with Gasteiger partial charge in [0, 0.05) is 6.42 Å². The van der Waals surface area contributed by atoms with Gasteiger partial charge in [0.05, 0.1) is 13.0 Å². The van der Waals surface area contributed by atoms with Gasteiger partial charge < -0.3 is 4.74 Å². The van der Waals surface area contributed by atoms with Crippen molar-refractivity contribution in [1.29, 1.82) is 0 Å². The number of ether oxygens (including phenoxy) is 1. The molecule has 0 aromatic carbocycles. The van der Waals surface area contributed by atoms with Gasteiger partial charge in [-0.3, -0.25) is 9.59 Å². The predicted molar refractivity (Wildman–Crippen MR) is 34.6 cm³/mol. The third kappa shape index (κ3) is 1.56. The molecule has 1 aliphatic carbocycles. The summed E-state index contributed by atoms with van der Waals surface area (Å²) in [7, 11) is 1.23. The molecule has 1 saturated carbocycles. The highest BCUT2D eigenvalue weighted by Gasteiger charge is 2.37. The highest BCUT2D eigenvalue weighted by atomic mass is 19.1. The molecule has 0 saturated heterocycles. The number of Topliss-reactive ketones (excluding diaryl/α,β-unsaturated/α-hetero) is 1. The lowest BCUT2D eigenvalue weighted by Crippen LogP contribution is -2.12. The van der Waals surface area contributed by atoms with Gasteiger partial charge in [0.2, 0.25) is 0 Å². The third-order valence-electron chi connectivity index (χ3n) is 1.82. The number of halogens is 1. The average molecular weight is 160 g/mol. The van der Waals surface area contributed by atoms with E-state index >= 15 is 0 Å². The van der Waals surface area contributed by atoms with E-state index < -0.39 is 23.8 Å². The smallest absolute Gasteiger partial charge is 0.309 e. The summed E-state index contributed by atoms with van der Waals surface area (Å²) < 4.78 is 16.9. The molecule has 0 amide bonds. The summed E-state index contributed by atoms with van der Waals surface area (Å²) in [6.45, 7) is 0. The standard InChI is InChI=1S/C7H9FO3/c1-11-7(10)4-2-5(8)6(9)3-4/h4-5H,2-3H2,1H3/t4-,5+/m1/s1. The normalized spacial score (nSPS) is 30.5. The Hall–Kier alpha value is -0.930. The molecular formula is C7H9FO3. The maximum Gasteiger partial charge on any atom is 0.309 e. The number of methoxy groups -OCH3 is 1. The lowest BCUT2D eigenvalue weighted by molar-refractivity contribution is -0.145. The SMILES string of the molecule is COC(=O)[C@H]1CC(=O)[C@@H](F)C1. The third-order valence-corrected chi connectivity index (χ3v) is 1.82. The van der Waals surface area contributed by atoms with E-state index in [4.69, 9.17) is 0 Å². The molecule has 1 aliphatic rings. The number of esters is 1. The van der Waals surface area contributed by atoms with Crippen molar-refractivity contribution in [2.45, 2.75) is 19.0 Å². The molecule has 0 N–H and O–H groups in total. The van der Waals surface area contributed by atoms with Crippen LogP contribution in [0.2, 0.25) is 0 Å². The first-order valence-electron chi connectivity index (χ1n) is 3.39. The highest BCUT2D eigenvalue weighted by molar-refractivity contribution is 5.91. The zero-order chi connectivity index (χ0) is 8.43. The van der Waals surface area contributed by atoms with Gasteiger partial charge in [0.15, 0.2) is 12.0 Å². The molecule has 11 heavy (non-hydrogen) atoms. The van der Waals surface area contributed by atoms with Crippen molar-refractivity contribution in [2.75, 3.05) is 7.11 Å². The lowest BCUT2D eigenvalue weighted by atomic mass is 10.1. The van der Waals surface area contributed by atoms with Crippen LogP contribution in [0.4, 0.5) is 4.39 Å². The number of carbonyl (C=O) groups excluding carboxylic acids is 2. The van der Waals surface area contributed by atoms with Crippen molar-refractivity contribution in [3.63, 3.8) is 0 Å². The van der Waals surface area contributed by atoms with E-state index in [1.807, 2.05) is 0 Å². The fourth-order valence-electron chi connectivity index (χ4n) is 1.18. The van der Waals surface area contributed by atoms with Crippen molar-refractivity contribution in [3.8, 4) is 0 Å². The number of carbonyl (C=O) groups is 2. The Morgan fingerprint density at radius 1 is 1.73 bits per heavy atom. The molecule has 62 valence electrons. The molecule has 0 aromatic heterocycles. The van der Waals surface area contributed by atoms with Crippen molar-refractivity contribution >= 4 is 11.8 Å². The fraction of sp³-hybridized carbons (Fsp3) is 0.714. The van der Waals surface area contributed by atoms with Gasteiger partial charge in [0.1, 0.15) is 0 Å². The molecule has 0 heterocycles. The molecule has 1 fully saturated rings. The van der Waals surface area contributed by atoms with E-state index in [1.54, 1.807) is 0 Å². The summed E-state index contributed by atoms with van der Waals surface area (Å²) in [5.74, 6) is -1.53. The minimum Gasteiger partial charge on any atom is -0.469 e. The Kier molecular flexibility index (Phi) is 2.22. The molecule has 0 aromatic rings. The van der Waals surface area contributed by atoms with Crippen LogP contribution in [0.3, 0.4) is 0 Å². The van der Waals surface area contributed by atoms with Gasteiger partial charge in [-0.15, -0.1) is 0 Å². The van der Waals surface area contributed by atoms with Gasteiger partial charge in [-0.1, -0.05) is 0 Å². The zero-order valence-corrected chi connectivity index (χ0v) is 6.17. The van der Waals surface area contributed by atoms with Crippen LogP contribution < -0.4 is 0 Å². The van der Waals surface area contributed by atoms with Gasteiger partial charge in [-0.2, -0.15) is 0 Å². The fourth-order valence-corrected chi connectivity index (χ4v) is 1.18. The molecule has 4 heteroatoms. The minimum atomic E-state index is -1.46. The summed E-state index contributed by atoms with van der Waals surface area (Å²) in [4.78, 5) is 21.4. The number of ketones is 1. The van der Waals surface area contributed by atoms with Crippen LogP contribution in [-0.2, 0) is 14.3 Å². The number of alkyl halides is 1. The summed E-state index contributed by atoms with van der Waals surface area (Å²) in [6, 6.07) is 0. The summed E-state index contributed by atoms with van der Waals surface area (Å²) in [6.07, 6.45) is -1.47. The van der Waals surface area contributed by atoms with Crippen molar-refractivity contribution in [3.05, 3.63) is 0 Å². The first-order valence-corrected chi connectivity index (χ1v) is 3.39. The summed E-state index contributed by atoms with van der Waals surface area (Å²) in [5.41, 5.74) is 0. The average Bonchev–Trinajstić information content (AvgIpc) is 2.31. The Morgan fingerprint density at radius 2 is 2.36 bits per heavy atom. The maximum absolute atomic E-state index is 12.5. The van der Waals surface area contributed by atoms with E-state index in [0.717, 1.165) is 0 Å². The Bertz CT molecular complexity index is 190. The Labute approximate surface area is 63.5 Å². The molecule has 0 spiro atoms. The molecule has 2 atom stereocenters. The summed E-state index contributed by atoms with van der Waals surface area (Å²) >= 11 is 0. The van der Waals surface area contributed by atoms with E-state index in [-0.39, 0.29) is 12.8 Å². The minimum absolute atomic E-state index is 0.00611. The van der Waals surface area contributed by atoms with Crippen LogP contribution in [0.25, 0.3) is 0 Å². The van der Waals surface area contributed by atoms with Gasteiger partial charge in [-0.05, 0) is 6.42 Å². The van der Waals surface area contributed by atoms with Crippen LogP contribution in [0.15, 0.2) is 0 Å². The van der Waals surface area contributed by atoms with Gasteiger partial charge >= 0.3 is 5.97 Å². The highest BCUT2D eigenvalue weighted by Crippen LogP contribution is 2.25. The van der Waals surface area contributed by atoms with Crippen molar-refractivity contribution < 1.29 is 18.7 Å². The van der Waals surface area contributed by atoms with E-state index in [2.05, 4.69) is 4.74 Å².